The van der Waals surface area contributed by atoms with Gasteiger partial charge in [-0.3, -0.25) is 4.79 Å². The number of aryl methyl sites for hydroxylation is 2. The van der Waals surface area contributed by atoms with Crippen LogP contribution in [0.3, 0.4) is 0 Å². The molecule has 5 rings (SSSR count). The molecule has 35 heavy (non-hydrogen) atoms. The molecule has 7 heteroatoms. The highest BCUT2D eigenvalue weighted by Crippen LogP contribution is 2.26. The van der Waals surface area contributed by atoms with Gasteiger partial charge >= 0.3 is 0 Å². The summed E-state index contributed by atoms with van der Waals surface area (Å²) in [5.74, 6) is 0.756. The second-order valence-corrected chi connectivity index (χ2v) is 9.62. The van der Waals surface area contributed by atoms with Crippen molar-refractivity contribution < 1.29 is 9.18 Å². The molecule has 2 aliphatic rings. The minimum absolute atomic E-state index is 0.0509. The van der Waals surface area contributed by atoms with Crippen molar-refractivity contribution in [3.8, 4) is 11.3 Å². The van der Waals surface area contributed by atoms with Gasteiger partial charge in [-0.05, 0) is 68.1 Å². The molecule has 0 bridgehead atoms. The van der Waals surface area contributed by atoms with Crippen LogP contribution >= 0.6 is 0 Å². The van der Waals surface area contributed by atoms with E-state index in [0.29, 0.717) is 38.4 Å². The van der Waals surface area contributed by atoms with E-state index >= 15 is 0 Å². The molecule has 3 aromatic rings. The number of rotatable bonds is 4. The minimum atomic E-state index is -0.208. The second kappa shape index (κ2) is 10.0. The van der Waals surface area contributed by atoms with E-state index in [4.69, 9.17) is 0 Å². The van der Waals surface area contributed by atoms with Crippen molar-refractivity contribution in [1.82, 2.24) is 15.1 Å². The number of hydrogen-bond acceptors (Lipinski definition) is 5. The summed E-state index contributed by atoms with van der Waals surface area (Å²) in [6, 6.07) is 17.2. The molecule has 0 N–H and O–H groups in total. The maximum atomic E-state index is 14.1. The molecule has 6 nitrogen and oxygen atoms in total. The maximum Gasteiger partial charge on any atom is 0.227 e. The smallest absolute Gasteiger partial charge is 0.227 e. The number of halogens is 1. The number of carbonyl (C=O) groups excluding carboxylic acids is 1. The number of nitrogens with zero attached hydrogens (tertiary/aromatic N) is 5. The molecule has 2 aromatic carbocycles. The summed E-state index contributed by atoms with van der Waals surface area (Å²) in [4.78, 5) is 19.5. The molecule has 0 saturated carbocycles. The first kappa shape index (κ1) is 23.3. The zero-order valence-electron chi connectivity index (χ0n) is 20.5. The van der Waals surface area contributed by atoms with Crippen molar-refractivity contribution in [1.29, 1.82) is 0 Å². The first-order valence-electron chi connectivity index (χ1n) is 12.4. The fourth-order valence-corrected chi connectivity index (χ4v) is 5.07. The molecule has 0 aliphatic carbocycles. The second-order valence-electron chi connectivity index (χ2n) is 9.62. The van der Waals surface area contributed by atoms with Crippen molar-refractivity contribution in [2.24, 2.45) is 5.92 Å². The van der Waals surface area contributed by atoms with Crippen molar-refractivity contribution >= 4 is 17.4 Å². The Bertz CT molecular complexity index is 1190. The van der Waals surface area contributed by atoms with E-state index in [1.807, 2.05) is 28.0 Å². The first-order valence-corrected chi connectivity index (χ1v) is 12.4. The molecule has 182 valence electrons. The zero-order valence-corrected chi connectivity index (χ0v) is 20.5. The Hall–Kier alpha value is -3.48. The maximum absolute atomic E-state index is 14.1. The predicted octanol–water partition coefficient (Wildman–Crippen LogP) is 4.46. The third kappa shape index (κ3) is 4.99. The monoisotopic (exact) mass is 473 g/mol. The summed E-state index contributed by atoms with van der Waals surface area (Å²) in [5, 5.41) is 8.97. The Morgan fingerprint density at radius 1 is 0.886 bits per heavy atom. The van der Waals surface area contributed by atoms with E-state index < -0.39 is 0 Å². The lowest BCUT2D eigenvalue weighted by atomic mass is 9.96. The number of hydrogen-bond donors (Lipinski definition) is 0. The Morgan fingerprint density at radius 2 is 1.69 bits per heavy atom. The van der Waals surface area contributed by atoms with Crippen LogP contribution in [0.15, 0.2) is 54.6 Å². The first-order chi connectivity index (χ1) is 17.0. The summed E-state index contributed by atoms with van der Waals surface area (Å²) in [5.41, 5.74) is 5.03. The van der Waals surface area contributed by atoms with Gasteiger partial charge in [-0.15, -0.1) is 10.2 Å². The number of carbonyl (C=O) groups is 1. The predicted molar refractivity (Wildman–Crippen MR) is 137 cm³/mol. The average molecular weight is 474 g/mol. The van der Waals surface area contributed by atoms with Crippen LogP contribution in [-0.4, -0.2) is 60.3 Å². The van der Waals surface area contributed by atoms with Gasteiger partial charge in [0.05, 0.1) is 17.3 Å². The highest BCUT2D eigenvalue weighted by Gasteiger charge is 2.32. The molecule has 0 spiro atoms. The summed E-state index contributed by atoms with van der Waals surface area (Å²) in [6.07, 6.45) is 1.84. The molecule has 0 radical (unpaired) electrons. The molecule has 2 saturated heterocycles. The van der Waals surface area contributed by atoms with Gasteiger partial charge in [0.15, 0.2) is 5.82 Å². The molecule has 2 aliphatic heterocycles. The molecule has 1 unspecified atom stereocenters. The van der Waals surface area contributed by atoms with Crippen LogP contribution < -0.4 is 9.80 Å². The van der Waals surface area contributed by atoms with E-state index in [-0.39, 0.29) is 17.6 Å². The van der Waals surface area contributed by atoms with Crippen molar-refractivity contribution in [2.75, 3.05) is 49.1 Å². The Labute approximate surface area is 206 Å². The van der Waals surface area contributed by atoms with Crippen LogP contribution in [0.25, 0.3) is 11.3 Å². The van der Waals surface area contributed by atoms with Crippen LogP contribution in [-0.2, 0) is 4.79 Å². The Balaban J connectivity index is 1.20. The van der Waals surface area contributed by atoms with E-state index in [1.165, 1.54) is 17.2 Å². The van der Waals surface area contributed by atoms with Crippen molar-refractivity contribution in [3.63, 3.8) is 0 Å². The van der Waals surface area contributed by atoms with Gasteiger partial charge in [-0.1, -0.05) is 24.3 Å². The molecule has 3 heterocycles. The average Bonchev–Trinajstić information content (AvgIpc) is 2.90. The fourth-order valence-electron chi connectivity index (χ4n) is 5.07. The topological polar surface area (TPSA) is 52.6 Å². The number of piperazine rings is 1. The quantitative estimate of drug-likeness (QED) is 0.560. The van der Waals surface area contributed by atoms with Gasteiger partial charge in [0.25, 0.3) is 0 Å². The number of aromatic nitrogens is 2. The van der Waals surface area contributed by atoms with Gasteiger partial charge in [-0.25, -0.2) is 4.39 Å². The lowest BCUT2D eigenvalue weighted by Crippen LogP contribution is -2.52. The van der Waals surface area contributed by atoms with E-state index in [0.717, 1.165) is 36.5 Å². The number of benzene rings is 2. The van der Waals surface area contributed by atoms with Crippen LogP contribution in [0.4, 0.5) is 15.9 Å². The third-order valence-electron chi connectivity index (χ3n) is 7.33. The summed E-state index contributed by atoms with van der Waals surface area (Å²) < 4.78 is 14.1. The molecule has 1 aromatic heterocycles. The molecule has 1 atom stereocenters. The van der Waals surface area contributed by atoms with E-state index in [1.54, 1.807) is 12.1 Å². The van der Waals surface area contributed by atoms with Gasteiger partial charge in [-0.2, -0.15) is 0 Å². The zero-order chi connectivity index (χ0) is 24.4. The number of piperidine rings is 1. The third-order valence-corrected chi connectivity index (χ3v) is 7.33. The van der Waals surface area contributed by atoms with Gasteiger partial charge in [0, 0.05) is 44.8 Å². The highest BCUT2D eigenvalue weighted by molar-refractivity contribution is 5.80. The lowest BCUT2D eigenvalue weighted by Gasteiger charge is -2.40. The fraction of sp³-hybridized carbons (Fsp3) is 0.393. The van der Waals surface area contributed by atoms with Crippen LogP contribution in [0, 0.1) is 25.6 Å². The summed E-state index contributed by atoms with van der Waals surface area (Å²) >= 11 is 0. The normalized spacial score (nSPS) is 18.6. The van der Waals surface area contributed by atoms with Gasteiger partial charge in [0.2, 0.25) is 5.91 Å². The molecular weight excluding hydrogens is 441 g/mol. The molecule has 2 fully saturated rings. The Morgan fingerprint density at radius 3 is 2.40 bits per heavy atom. The molecule has 1 amide bonds. The van der Waals surface area contributed by atoms with Gasteiger partial charge < -0.3 is 14.7 Å². The van der Waals surface area contributed by atoms with Crippen LogP contribution in [0.2, 0.25) is 0 Å². The van der Waals surface area contributed by atoms with Crippen LogP contribution in [0.5, 0.6) is 0 Å². The highest BCUT2D eigenvalue weighted by atomic mass is 19.1. The number of anilines is 2. The van der Waals surface area contributed by atoms with E-state index in [2.05, 4.69) is 47.1 Å². The number of amides is 1. The summed E-state index contributed by atoms with van der Waals surface area (Å²) in [6.45, 7) is 8.27. The standard InChI is InChI=1S/C28H32FN5O/c1-20-9-10-22(18-21(20)2)25-11-12-27(31-30-25)34-13-5-6-23(19-34)28(35)33-16-14-32(15-17-33)26-8-4-3-7-24(26)29/h3-4,7-12,18,23H,5-6,13-17,19H2,1-2H3. The number of para-hydroxylation sites is 1. The van der Waals surface area contributed by atoms with Crippen molar-refractivity contribution in [3.05, 3.63) is 71.5 Å². The van der Waals surface area contributed by atoms with Crippen molar-refractivity contribution in [2.45, 2.75) is 26.7 Å². The Kier molecular flexibility index (Phi) is 6.66. The lowest BCUT2D eigenvalue weighted by molar-refractivity contribution is -0.136. The largest absolute Gasteiger partial charge is 0.366 e. The summed E-state index contributed by atoms with van der Waals surface area (Å²) in [7, 11) is 0. The minimum Gasteiger partial charge on any atom is -0.366 e. The van der Waals surface area contributed by atoms with Crippen LogP contribution in [0.1, 0.15) is 24.0 Å². The van der Waals surface area contributed by atoms with Gasteiger partial charge in [0.1, 0.15) is 5.82 Å². The SMILES string of the molecule is Cc1ccc(-c2ccc(N3CCCC(C(=O)N4CCN(c5ccccc5F)CC4)C3)nn2)cc1C. The molecular formula is C28H32FN5O. The van der Waals surface area contributed by atoms with E-state index in [9.17, 15) is 9.18 Å².